The number of esters is 2. The van der Waals surface area contributed by atoms with Gasteiger partial charge in [-0.2, -0.15) is 0 Å². The standard InChI is InChI=1S/C24H46O4/c1-6-21(7-2)17-18-22(8-3)28-24(26)16-14-12-10-9-11-13-15-23(25)27-19-20(4)5/h20-22H,6-19H2,1-5H3. The van der Waals surface area contributed by atoms with E-state index in [4.69, 9.17) is 9.47 Å². The van der Waals surface area contributed by atoms with E-state index < -0.39 is 0 Å². The van der Waals surface area contributed by atoms with Gasteiger partial charge in [-0.25, -0.2) is 0 Å². The maximum Gasteiger partial charge on any atom is 0.306 e. The Morgan fingerprint density at radius 2 is 1.25 bits per heavy atom. The van der Waals surface area contributed by atoms with Crippen LogP contribution in [0.3, 0.4) is 0 Å². The summed E-state index contributed by atoms with van der Waals surface area (Å²) >= 11 is 0. The van der Waals surface area contributed by atoms with Crippen molar-refractivity contribution in [2.75, 3.05) is 6.61 Å². The molecule has 0 N–H and O–H groups in total. The van der Waals surface area contributed by atoms with Crippen molar-refractivity contribution >= 4 is 11.9 Å². The van der Waals surface area contributed by atoms with E-state index in [2.05, 4.69) is 20.8 Å². The van der Waals surface area contributed by atoms with Crippen LogP contribution in [0.1, 0.15) is 118 Å². The van der Waals surface area contributed by atoms with Crippen LogP contribution >= 0.6 is 0 Å². The molecule has 0 aliphatic rings. The van der Waals surface area contributed by atoms with Crippen LogP contribution < -0.4 is 0 Å². The van der Waals surface area contributed by atoms with Crippen LogP contribution in [0.15, 0.2) is 0 Å². The molecule has 0 aromatic carbocycles. The van der Waals surface area contributed by atoms with E-state index in [9.17, 15) is 9.59 Å². The van der Waals surface area contributed by atoms with E-state index in [1.165, 1.54) is 12.8 Å². The van der Waals surface area contributed by atoms with E-state index in [0.717, 1.165) is 63.7 Å². The SMILES string of the molecule is CCC(CC)CCC(CC)OC(=O)CCCCCCCCC(=O)OCC(C)C. The highest BCUT2D eigenvalue weighted by atomic mass is 16.5. The van der Waals surface area contributed by atoms with E-state index in [-0.39, 0.29) is 18.0 Å². The largest absolute Gasteiger partial charge is 0.465 e. The Kier molecular flexibility index (Phi) is 17.3. The van der Waals surface area contributed by atoms with E-state index >= 15 is 0 Å². The third-order valence-corrected chi connectivity index (χ3v) is 5.39. The summed E-state index contributed by atoms with van der Waals surface area (Å²) in [6.07, 6.45) is 12.7. The molecule has 4 nitrogen and oxygen atoms in total. The average molecular weight is 399 g/mol. The van der Waals surface area contributed by atoms with E-state index in [0.29, 0.717) is 25.4 Å². The van der Waals surface area contributed by atoms with E-state index in [1.807, 2.05) is 13.8 Å². The molecule has 166 valence electrons. The topological polar surface area (TPSA) is 52.6 Å². The lowest BCUT2D eigenvalue weighted by molar-refractivity contribution is -0.150. The number of rotatable bonds is 18. The first-order chi connectivity index (χ1) is 13.4. The third kappa shape index (κ3) is 15.9. The molecule has 0 rings (SSSR count). The van der Waals surface area contributed by atoms with Gasteiger partial charge in [-0.05, 0) is 43.9 Å². The van der Waals surface area contributed by atoms with Crippen molar-refractivity contribution in [3.63, 3.8) is 0 Å². The number of ether oxygens (including phenoxy) is 2. The van der Waals surface area contributed by atoms with Crippen molar-refractivity contribution in [2.45, 2.75) is 124 Å². The Morgan fingerprint density at radius 1 is 0.714 bits per heavy atom. The highest BCUT2D eigenvalue weighted by Crippen LogP contribution is 2.19. The molecule has 0 aromatic heterocycles. The Labute approximate surface area is 174 Å². The maximum absolute atomic E-state index is 12.0. The van der Waals surface area contributed by atoms with Gasteiger partial charge >= 0.3 is 11.9 Å². The lowest BCUT2D eigenvalue weighted by atomic mass is 9.95. The van der Waals surface area contributed by atoms with Crippen LogP contribution in [0.4, 0.5) is 0 Å². The Balaban J connectivity index is 3.63. The molecule has 1 unspecified atom stereocenters. The van der Waals surface area contributed by atoms with Gasteiger partial charge in [0.25, 0.3) is 0 Å². The zero-order valence-electron chi connectivity index (χ0n) is 19.3. The van der Waals surface area contributed by atoms with Crippen LogP contribution in [0.25, 0.3) is 0 Å². The fourth-order valence-corrected chi connectivity index (χ4v) is 3.29. The first-order valence-electron chi connectivity index (χ1n) is 11.8. The molecule has 28 heavy (non-hydrogen) atoms. The van der Waals surface area contributed by atoms with Gasteiger partial charge in [0.15, 0.2) is 0 Å². The first-order valence-corrected chi connectivity index (χ1v) is 11.8. The van der Waals surface area contributed by atoms with Gasteiger partial charge in [0.2, 0.25) is 0 Å². The third-order valence-electron chi connectivity index (χ3n) is 5.39. The monoisotopic (exact) mass is 398 g/mol. The molecule has 0 spiro atoms. The number of hydrogen-bond donors (Lipinski definition) is 0. The van der Waals surface area contributed by atoms with Gasteiger partial charge in [0, 0.05) is 12.8 Å². The zero-order chi connectivity index (χ0) is 21.2. The quantitative estimate of drug-likeness (QED) is 0.187. The zero-order valence-corrected chi connectivity index (χ0v) is 19.3. The normalized spacial score (nSPS) is 12.4. The summed E-state index contributed by atoms with van der Waals surface area (Å²) in [6, 6.07) is 0. The molecule has 0 saturated heterocycles. The molecule has 0 aliphatic carbocycles. The van der Waals surface area contributed by atoms with Gasteiger partial charge < -0.3 is 9.47 Å². The van der Waals surface area contributed by atoms with Crippen LogP contribution in [0, 0.1) is 11.8 Å². The van der Waals surface area contributed by atoms with Gasteiger partial charge in [0.05, 0.1) is 6.61 Å². The highest BCUT2D eigenvalue weighted by Gasteiger charge is 2.14. The second-order valence-corrected chi connectivity index (χ2v) is 8.48. The molecular weight excluding hydrogens is 352 g/mol. The fourth-order valence-electron chi connectivity index (χ4n) is 3.29. The molecule has 0 fully saturated rings. The van der Waals surface area contributed by atoms with Crippen molar-refractivity contribution in [3.8, 4) is 0 Å². The van der Waals surface area contributed by atoms with Crippen molar-refractivity contribution in [1.29, 1.82) is 0 Å². The molecule has 0 aromatic rings. The molecule has 0 saturated carbocycles. The minimum absolute atomic E-state index is 0.0377. The maximum atomic E-state index is 12.0. The molecular formula is C24H46O4. The van der Waals surface area contributed by atoms with Gasteiger partial charge in [-0.3, -0.25) is 9.59 Å². The number of carbonyl (C=O) groups excluding carboxylic acids is 2. The summed E-state index contributed by atoms with van der Waals surface area (Å²) in [5, 5.41) is 0. The van der Waals surface area contributed by atoms with Gasteiger partial charge in [-0.1, -0.05) is 73.1 Å². The summed E-state index contributed by atoms with van der Waals surface area (Å²) in [4.78, 5) is 23.6. The first kappa shape index (κ1) is 26.9. The Morgan fingerprint density at radius 3 is 1.75 bits per heavy atom. The fraction of sp³-hybridized carbons (Fsp3) is 0.917. The molecule has 0 heterocycles. The van der Waals surface area contributed by atoms with Gasteiger partial charge in [-0.15, -0.1) is 0 Å². The predicted molar refractivity (Wildman–Crippen MR) is 116 cm³/mol. The van der Waals surface area contributed by atoms with Crippen molar-refractivity contribution in [2.24, 2.45) is 11.8 Å². The van der Waals surface area contributed by atoms with E-state index in [1.54, 1.807) is 0 Å². The summed E-state index contributed by atoms with van der Waals surface area (Å²) in [6.45, 7) is 11.2. The molecule has 0 amide bonds. The number of unbranched alkanes of at least 4 members (excludes halogenated alkanes) is 5. The summed E-state index contributed by atoms with van der Waals surface area (Å²) < 4.78 is 10.8. The van der Waals surface area contributed by atoms with Crippen molar-refractivity contribution in [3.05, 3.63) is 0 Å². The van der Waals surface area contributed by atoms with Crippen LogP contribution in [-0.2, 0) is 19.1 Å². The molecule has 0 bridgehead atoms. The summed E-state index contributed by atoms with van der Waals surface area (Å²) in [5.74, 6) is 1.04. The molecule has 0 radical (unpaired) electrons. The van der Waals surface area contributed by atoms with Crippen LogP contribution in [-0.4, -0.2) is 24.6 Å². The second-order valence-electron chi connectivity index (χ2n) is 8.48. The highest BCUT2D eigenvalue weighted by molar-refractivity contribution is 5.69. The second kappa shape index (κ2) is 18.0. The number of carbonyl (C=O) groups is 2. The lowest BCUT2D eigenvalue weighted by Crippen LogP contribution is -2.18. The molecule has 4 heteroatoms. The minimum Gasteiger partial charge on any atom is -0.465 e. The molecule has 0 aliphatic heterocycles. The van der Waals surface area contributed by atoms with Crippen molar-refractivity contribution < 1.29 is 19.1 Å². The Bertz CT molecular complexity index is 388. The smallest absolute Gasteiger partial charge is 0.306 e. The van der Waals surface area contributed by atoms with Crippen molar-refractivity contribution in [1.82, 2.24) is 0 Å². The minimum atomic E-state index is -0.0777. The molecule has 1 atom stereocenters. The van der Waals surface area contributed by atoms with Crippen LogP contribution in [0.5, 0.6) is 0 Å². The summed E-state index contributed by atoms with van der Waals surface area (Å²) in [5.41, 5.74) is 0. The van der Waals surface area contributed by atoms with Gasteiger partial charge in [0.1, 0.15) is 6.10 Å². The average Bonchev–Trinajstić information content (AvgIpc) is 2.68. The Hall–Kier alpha value is -1.06. The predicted octanol–water partition coefficient (Wildman–Crippen LogP) is 6.84. The summed E-state index contributed by atoms with van der Waals surface area (Å²) in [7, 11) is 0. The van der Waals surface area contributed by atoms with Crippen LogP contribution in [0.2, 0.25) is 0 Å². The lowest BCUT2D eigenvalue weighted by Gasteiger charge is -2.19. The number of hydrogen-bond acceptors (Lipinski definition) is 4.